The Labute approximate surface area is 180 Å². The van der Waals surface area contributed by atoms with Crippen LogP contribution >= 0.6 is 0 Å². The minimum Gasteiger partial charge on any atom is -0.349 e. The summed E-state index contributed by atoms with van der Waals surface area (Å²) in [6.07, 6.45) is 2.63. The molecule has 0 aliphatic heterocycles. The van der Waals surface area contributed by atoms with Gasteiger partial charge in [-0.15, -0.1) is 0 Å². The lowest BCUT2D eigenvalue weighted by molar-refractivity contribution is 0.0934. The number of rotatable bonds is 6. The van der Waals surface area contributed by atoms with Crippen LogP contribution in [0.5, 0.6) is 0 Å². The minimum absolute atomic E-state index is 0.0523. The van der Waals surface area contributed by atoms with Gasteiger partial charge in [0, 0.05) is 23.4 Å². The summed E-state index contributed by atoms with van der Waals surface area (Å²) in [6.45, 7) is 2.08. The van der Waals surface area contributed by atoms with E-state index >= 15 is 0 Å². The molecule has 1 N–H and O–H groups in total. The second-order valence-corrected chi connectivity index (χ2v) is 8.15. The number of aryl methyl sites for hydroxylation is 1. The van der Waals surface area contributed by atoms with Crippen LogP contribution in [0.25, 0.3) is 5.69 Å². The van der Waals surface area contributed by atoms with Gasteiger partial charge in [0.25, 0.3) is 5.91 Å². The fourth-order valence-electron chi connectivity index (χ4n) is 4.27. The molecule has 1 unspecified atom stereocenters. The molecule has 1 atom stereocenters. The van der Waals surface area contributed by atoms with E-state index in [0.29, 0.717) is 5.69 Å². The third-order valence-corrected chi connectivity index (χ3v) is 5.90. The fourth-order valence-corrected chi connectivity index (χ4v) is 4.27. The molecule has 2 aromatic carbocycles. The van der Waals surface area contributed by atoms with Gasteiger partial charge in [0.2, 0.25) is 0 Å². The highest BCUT2D eigenvalue weighted by molar-refractivity contribution is 5.94. The van der Waals surface area contributed by atoms with E-state index in [9.17, 15) is 13.6 Å². The van der Waals surface area contributed by atoms with Crippen LogP contribution in [-0.2, 0) is 12.8 Å². The molecule has 5 nitrogen and oxygen atoms in total. The van der Waals surface area contributed by atoms with E-state index in [2.05, 4.69) is 10.4 Å². The topological polar surface area (TPSA) is 50.2 Å². The fraction of sp³-hybridized carbons (Fsp3) is 0.333. The number of nitrogens with zero attached hydrogens (tertiary/aromatic N) is 3. The number of likely N-dealkylation sites (N-methyl/N-ethyl adjacent to an activating group) is 1. The number of hydrogen-bond acceptors (Lipinski definition) is 3. The van der Waals surface area contributed by atoms with Gasteiger partial charge in [0.1, 0.15) is 11.6 Å². The number of amides is 1. The average Bonchev–Trinajstić information content (AvgIpc) is 3.33. The second kappa shape index (κ2) is 8.59. The zero-order chi connectivity index (χ0) is 22.1. The number of carbonyl (C=O) groups excluding carboxylic acids is 1. The third-order valence-electron chi connectivity index (χ3n) is 5.90. The molecule has 1 aliphatic rings. The standard InChI is InChI=1S/C24H26F2N4O/c1-15-8-4-5-12-19(15)30-20-13-6-9-16(20)23(28-30)24(31)27-14-21(29(2)3)22-17(25)10-7-11-18(22)26/h4-5,7-8,10-12,21H,6,9,13-14H2,1-3H3,(H,27,31). The zero-order valence-corrected chi connectivity index (χ0v) is 18.0. The molecule has 1 aliphatic carbocycles. The van der Waals surface area contributed by atoms with Gasteiger partial charge in [-0.2, -0.15) is 5.10 Å². The minimum atomic E-state index is -0.642. The van der Waals surface area contributed by atoms with Gasteiger partial charge in [-0.1, -0.05) is 24.3 Å². The molecule has 0 saturated carbocycles. The number of aromatic nitrogens is 2. The van der Waals surface area contributed by atoms with Gasteiger partial charge in [0.15, 0.2) is 5.69 Å². The van der Waals surface area contributed by atoms with Gasteiger partial charge in [0.05, 0.1) is 11.7 Å². The lowest BCUT2D eigenvalue weighted by Crippen LogP contribution is -2.36. The highest BCUT2D eigenvalue weighted by atomic mass is 19.1. The summed E-state index contributed by atoms with van der Waals surface area (Å²) in [5, 5.41) is 7.49. The SMILES string of the molecule is Cc1ccccc1-n1nc(C(=O)NCC(c2c(F)cccc2F)N(C)C)c2c1CCC2. The van der Waals surface area contributed by atoms with Gasteiger partial charge in [-0.25, -0.2) is 13.5 Å². The van der Waals surface area contributed by atoms with E-state index in [1.807, 2.05) is 35.9 Å². The van der Waals surface area contributed by atoms with E-state index in [1.165, 1.54) is 18.2 Å². The molecule has 1 heterocycles. The first-order valence-electron chi connectivity index (χ1n) is 10.4. The van der Waals surface area contributed by atoms with Crippen molar-refractivity contribution in [2.45, 2.75) is 32.2 Å². The molecule has 3 aromatic rings. The van der Waals surface area contributed by atoms with Crippen molar-refractivity contribution in [1.29, 1.82) is 0 Å². The molecule has 0 radical (unpaired) electrons. The van der Waals surface area contributed by atoms with Crippen LogP contribution in [0.1, 0.15) is 45.3 Å². The summed E-state index contributed by atoms with van der Waals surface area (Å²) in [5.41, 5.74) is 4.39. The zero-order valence-electron chi connectivity index (χ0n) is 18.0. The molecule has 0 spiro atoms. The van der Waals surface area contributed by atoms with Gasteiger partial charge >= 0.3 is 0 Å². The Balaban J connectivity index is 1.61. The molecule has 4 rings (SSSR count). The Hall–Kier alpha value is -3.06. The highest BCUT2D eigenvalue weighted by Gasteiger charge is 2.29. The maximum Gasteiger partial charge on any atom is 0.272 e. The predicted molar refractivity (Wildman–Crippen MR) is 115 cm³/mol. The van der Waals surface area contributed by atoms with Gasteiger partial charge < -0.3 is 10.2 Å². The Morgan fingerprint density at radius 3 is 2.52 bits per heavy atom. The van der Waals surface area contributed by atoms with Gasteiger partial charge in [-0.3, -0.25) is 4.79 Å². The first-order valence-corrected chi connectivity index (χ1v) is 10.4. The van der Waals surface area contributed by atoms with E-state index in [-0.39, 0.29) is 18.0 Å². The molecule has 0 bridgehead atoms. The summed E-state index contributed by atoms with van der Waals surface area (Å²) in [5.74, 6) is -1.58. The van der Waals surface area contributed by atoms with Crippen molar-refractivity contribution in [3.05, 3.63) is 82.2 Å². The van der Waals surface area contributed by atoms with Crippen molar-refractivity contribution in [3.8, 4) is 5.69 Å². The van der Waals surface area contributed by atoms with E-state index in [4.69, 9.17) is 0 Å². The molecule has 162 valence electrons. The van der Waals surface area contributed by atoms with Crippen LogP contribution in [0.4, 0.5) is 8.78 Å². The highest BCUT2D eigenvalue weighted by Crippen LogP contribution is 2.29. The first kappa shape index (κ1) is 21.2. The molecule has 0 saturated heterocycles. The van der Waals surface area contributed by atoms with Crippen LogP contribution in [-0.4, -0.2) is 41.2 Å². The van der Waals surface area contributed by atoms with Gasteiger partial charge in [-0.05, 0) is 64.0 Å². The smallest absolute Gasteiger partial charge is 0.272 e. The molecule has 7 heteroatoms. The quantitative estimate of drug-likeness (QED) is 0.651. The van der Waals surface area contributed by atoms with Crippen molar-refractivity contribution in [2.24, 2.45) is 0 Å². The molecular weight excluding hydrogens is 398 g/mol. The van der Waals surface area contributed by atoms with Crippen molar-refractivity contribution in [1.82, 2.24) is 20.0 Å². The summed E-state index contributed by atoms with van der Waals surface area (Å²) < 4.78 is 30.5. The normalized spacial score (nSPS) is 14.0. The number of benzene rings is 2. The Bertz CT molecular complexity index is 1100. The summed E-state index contributed by atoms with van der Waals surface area (Å²) in [6, 6.07) is 11.1. The predicted octanol–water partition coefficient (Wildman–Crippen LogP) is 3.98. The Morgan fingerprint density at radius 1 is 1.13 bits per heavy atom. The number of halogens is 2. The van der Waals surface area contributed by atoms with Crippen molar-refractivity contribution >= 4 is 5.91 Å². The lowest BCUT2D eigenvalue weighted by atomic mass is 10.0. The number of para-hydroxylation sites is 1. The van der Waals surface area contributed by atoms with E-state index < -0.39 is 17.7 Å². The molecule has 0 fully saturated rings. The summed E-state index contributed by atoms with van der Waals surface area (Å²) in [7, 11) is 3.46. The van der Waals surface area contributed by atoms with E-state index in [0.717, 1.165) is 41.8 Å². The van der Waals surface area contributed by atoms with Crippen molar-refractivity contribution < 1.29 is 13.6 Å². The summed E-state index contributed by atoms with van der Waals surface area (Å²) in [4.78, 5) is 14.8. The average molecular weight is 424 g/mol. The molecule has 1 aromatic heterocycles. The van der Waals surface area contributed by atoms with Crippen LogP contribution in [0.2, 0.25) is 0 Å². The molecular formula is C24H26F2N4O. The van der Waals surface area contributed by atoms with Crippen molar-refractivity contribution in [2.75, 3.05) is 20.6 Å². The third kappa shape index (κ3) is 3.97. The number of nitrogens with one attached hydrogen (secondary N) is 1. The van der Waals surface area contributed by atoms with Crippen LogP contribution in [0, 0.1) is 18.6 Å². The van der Waals surface area contributed by atoms with Crippen molar-refractivity contribution in [3.63, 3.8) is 0 Å². The summed E-state index contributed by atoms with van der Waals surface area (Å²) >= 11 is 0. The Kier molecular flexibility index (Phi) is 5.87. The first-order chi connectivity index (χ1) is 14.9. The molecule has 31 heavy (non-hydrogen) atoms. The number of hydrogen-bond donors (Lipinski definition) is 1. The number of fused-ring (bicyclic) bond motifs is 1. The van der Waals surface area contributed by atoms with Crippen LogP contribution in [0.15, 0.2) is 42.5 Å². The van der Waals surface area contributed by atoms with E-state index in [1.54, 1.807) is 19.0 Å². The maximum absolute atomic E-state index is 14.3. The second-order valence-electron chi connectivity index (χ2n) is 8.15. The molecule has 1 amide bonds. The Morgan fingerprint density at radius 2 is 1.84 bits per heavy atom. The van der Waals surface area contributed by atoms with Crippen LogP contribution in [0.3, 0.4) is 0 Å². The monoisotopic (exact) mass is 424 g/mol. The maximum atomic E-state index is 14.3. The van der Waals surface area contributed by atoms with Crippen LogP contribution < -0.4 is 5.32 Å². The largest absolute Gasteiger partial charge is 0.349 e. The lowest BCUT2D eigenvalue weighted by Gasteiger charge is -2.25. The number of carbonyl (C=O) groups is 1.